The first-order valence-electron chi connectivity index (χ1n) is 11.4. The van der Waals surface area contributed by atoms with Crippen LogP contribution in [0.3, 0.4) is 0 Å². The molecule has 0 spiro atoms. The van der Waals surface area contributed by atoms with E-state index in [1.807, 2.05) is 61.7 Å². The second kappa shape index (κ2) is 12.3. The summed E-state index contributed by atoms with van der Waals surface area (Å²) in [5.41, 5.74) is 0.329. The molecule has 8 heteroatoms. The Morgan fingerprint density at radius 1 is 1.09 bits per heavy atom. The van der Waals surface area contributed by atoms with Crippen molar-refractivity contribution in [2.24, 2.45) is 0 Å². The van der Waals surface area contributed by atoms with Crippen LogP contribution in [0.1, 0.15) is 57.5 Å². The van der Waals surface area contributed by atoms with Gasteiger partial charge < -0.3 is 19.5 Å². The third-order valence-corrected chi connectivity index (χ3v) is 6.58. The standard InChI is InChI=1S/C26H31N3O4S/c1-4-22(23-12-9-15-34-23)27-25(31)20-17-28(13-14-33-3)18-21(24(20)30)26(32)29(5-2)16-19-10-7-6-8-11-19/h6-12,15,17-18,22H,4-5,13-14,16H2,1-3H3,(H,27,31). The summed E-state index contributed by atoms with van der Waals surface area (Å²) in [5.74, 6) is -0.889. The predicted octanol–water partition coefficient (Wildman–Crippen LogP) is 4.10. The minimum atomic E-state index is -0.566. The molecular formula is C26H31N3O4S. The van der Waals surface area contributed by atoms with Crippen LogP contribution in [-0.4, -0.2) is 41.5 Å². The number of hydrogen-bond acceptors (Lipinski definition) is 5. The van der Waals surface area contributed by atoms with Gasteiger partial charge in [0.15, 0.2) is 0 Å². The van der Waals surface area contributed by atoms with E-state index in [1.165, 1.54) is 12.4 Å². The third kappa shape index (κ3) is 6.21. The highest BCUT2D eigenvalue weighted by atomic mass is 32.1. The fraction of sp³-hybridized carbons (Fsp3) is 0.346. The number of hydrogen-bond donors (Lipinski definition) is 1. The maximum absolute atomic E-state index is 13.4. The summed E-state index contributed by atoms with van der Waals surface area (Å²) >= 11 is 1.55. The molecule has 34 heavy (non-hydrogen) atoms. The molecule has 2 aromatic heterocycles. The summed E-state index contributed by atoms with van der Waals surface area (Å²) in [6.07, 6.45) is 3.70. The molecule has 1 unspecified atom stereocenters. The van der Waals surface area contributed by atoms with Crippen LogP contribution in [0.4, 0.5) is 0 Å². The lowest BCUT2D eigenvalue weighted by Gasteiger charge is -2.22. The van der Waals surface area contributed by atoms with Crippen LogP contribution >= 0.6 is 11.3 Å². The van der Waals surface area contributed by atoms with Crippen molar-refractivity contribution in [1.29, 1.82) is 0 Å². The average molecular weight is 482 g/mol. The number of ether oxygens (including phenoxy) is 1. The lowest BCUT2D eigenvalue weighted by Crippen LogP contribution is -2.38. The molecule has 0 radical (unpaired) electrons. The number of nitrogens with zero attached hydrogens (tertiary/aromatic N) is 2. The summed E-state index contributed by atoms with van der Waals surface area (Å²) < 4.78 is 6.84. The van der Waals surface area contributed by atoms with Crippen molar-refractivity contribution in [3.63, 3.8) is 0 Å². The topological polar surface area (TPSA) is 80.6 Å². The molecule has 0 saturated heterocycles. The zero-order valence-electron chi connectivity index (χ0n) is 19.8. The first-order chi connectivity index (χ1) is 16.5. The van der Waals surface area contributed by atoms with Gasteiger partial charge in [0.1, 0.15) is 11.1 Å². The van der Waals surface area contributed by atoms with Gasteiger partial charge in [-0.2, -0.15) is 0 Å². The van der Waals surface area contributed by atoms with Crippen molar-refractivity contribution in [2.75, 3.05) is 20.3 Å². The van der Waals surface area contributed by atoms with Gasteiger partial charge in [0, 0.05) is 44.0 Å². The highest BCUT2D eigenvalue weighted by Gasteiger charge is 2.24. The Morgan fingerprint density at radius 2 is 1.82 bits per heavy atom. The number of rotatable bonds is 11. The van der Waals surface area contributed by atoms with Crippen LogP contribution in [0.15, 0.2) is 65.0 Å². The van der Waals surface area contributed by atoms with Crippen LogP contribution in [0.5, 0.6) is 0 Å². The molecule has 0 aliphatic heterocycles. The van der Waals surface area contributed by atoms with Crippen LogP contribution in [0, 0.1) is 0 Å². The zero-order valence-corrected chi connectivity index (χ0v) is 20.6. The molecule has 0 fully saturated rings. The number of amides is 2. The smallest absolute Gasteiger partial charge is 0.259 e. The van der Waals surface area contributed by atoms with Crippen molar-refractivity contribution in [3.8, 4) is 0 Å². The number of nitrogens with one attached hydrogen (secondary N) is 1. The van der Waals surface area contributed by atoms with Crippen molar-refractivity contribution in [3.05, 3.63) is 92.0 Å². The summed E-state index contributed by atoms with van der Waals surface area (Å²) in [7, 11) is 1.58. The highest BCUT2D eigenvalue weighted by Crippen LogP contribution is 2.22. The highest BCUT2D eigenvalue weighted by molar-refractivity contribution is 7.10. The Kier molecular flexibility index (Phi) is 9.18. The van der Waals surface area contributed by atoms with E-state index in [9.17, 15) is 14.4 Å². The number of carbonyl (C=O) groups excluding carboxylic acids is 2. The van der Waals surface area contributed by atoms with Crippen molar-refractivity contribution >= 4 is 23.2 Å². The number of methoxy groups -OCH3 is 1. The SMILES string of the molecule is CCC(NC(=O)c1cn(CCOC)cc(C(=O)N(CC)Cc2ccccc2)c1=O)c1cccs1. The molecule has 2 amide bonds. The first-order valence-corrected chi connectivity index (χ1v) is 12.3. The maximum atomic E-state index is 13.4. The largest absolute Gasteiger partial charge is 0.383 e. The monoisotopic (exact) mass is 481 g/mol. The van der Waals surface area contributed by atoms with E-state index in [0.717, 1.165) is 10.4 Å². The Balaban J connectivity index is 1.95. The molecule has 2 heterocycles. The van der Waals surface area contributed by atoms with E-state index in [4.69, 9.17) is 4.74 Å². The molecule has 0 aliphatic carbocycles. The first kappa shape index (κ1) is 25.4. The average Bonchev–Trinajstić information content (AvgIpc) is 3.40. The molecule has 1 N–H and O–H groups in total. The normalized spacial score (nSPS) is 11.7. The Labute approximate surface area is 204 Å². The molecule has 3 aromatic rings. The van der Waals surface area contributed by atoms with Gasteiger partial charge in [-0.15, -0.1) is 11.3 Å². The Morgan fingerprint density at radius 3 is 2.44 bits per heavy atom. The van der Waals surface area contributed by atoms with Gasteiger partial charge in [-0.1, -0.05) is 43.3 Å². The van der Waals surface area contributed by atoms with Crippen molar-refractivity contribution in [1.82, 2.24) is 14.8 Å². The second-order valence-corrected chi connectivity index (χ2v) is 8.88. The fourth-order valence-corrected chi connectivity index (χ4v) is 4.53. The number of carbonyl (C=O) groups is 2. The van der Waals surface area contributed by atoms with Gasteiger partial charge in [-0.25, -0.2) is 0 Å². The zero-order chi connectivity index (χ0) is 24.5. The summed E-state index contributed by atoms with van der Waals surface area (Å²) in [5, 5.41) is 4.91. The van der Waals surface area contributed by atoms with Gasteiger partial charge >= 0.3 is 0 Å². The lowest BCUT2D eigenvalue weighted by atomic mass is 10.1. The molecule has 3 rings (SSSR count). The molecule has 7 nitrogen and oxygen atoms in total. The van der Waals surface area contributed by atoms with Crippen molar-refractivity contribution in [2.45, 2.75) is 39.4 Å². The van der Waals surface area contributed by atoms with E-state index in [2.05, 4.69) is 5.32 Å². The summed E-state index contributed by atoms with van der Waals surface area (Å²) in [6.45, 7) is 5.44. The molecule has 0 aliphatic rings. The molecule has 0 bridgehead atoms. The maximum Gasteiger partial charge on any atom is 0.259 e. The minimum absolute atomic E-state index is 0.0225. The third-order valence-electron chi connectivity index (χ3n) is 5.59. The van der Waals surface area contributed by atoms with Crippen LogP contribution in [0.25, 0.3) is 0 Å². The Hall–Kier alpha value is -3.23. The molecular weight excluding hydrogens is 450 g/mol. The summed E-state index contributed by atoms with van der Waals surface area (Å²) in [6, 6.07) is 13.3. The molecule has 1 aromatic carbocycles. The minimum Gasteiger partial charge on any atom is -0.383 e. The number of benzene rings is 1. The quantitative estimate of drug-likeness (QED) is 0.447. The Bertz CT molecular complexity index is 1140. The van der Waals surface area contributed by atoms with E-state index < -0.39 is 17.2 Å². The van der Waals surface area contributed by atoms with Gasteiger partial charge in [-0.05, 0) is 30.4 Å². The van der Waals surface area contributed by atoms with Crippen LogP contribution < -0.4 is 10.7 Å². The van der Waals surface area contributed by atoms with E-state index >= 15 is 0 Å². The number of thiophene rings is 1. The van der Waals surface area contributed by atoms with Gasteiger partial charge in [0.2, 0.25) is 5.43 Å². The molecule has 0 saturated carbocycles. The van der Waals surface area contributed by atoms with E-state index in [1.54, 1.807) is 27.9 Å². The molecule has 180 valence electrons. The van der Waals surface area contributed by atoms with Gasteiger partial charge in [0.05, 0.1) is 12.6 Å². The fourth-order valence-electron chi connectivity index (χ4n) is 3.67. The molecule has 1 atom stereocenters. The van der Waals surface area contributed by atoms with Crippen molar-refractivity contribution < 1.29 is 14.3 Å². The van der Waals surface area contributed by atoms with E-state index in [0.29, 0.717) is 32.7 Å². The van der Waals surface area contributed by atoms with E-state index in [-0.39, 0.29) is 17.2 Å². The number of pyridine rings is 1. The van der Waals surface area contributed by atoms with Gasteiger partial charge in [-0.3, -0.25) is 14.4 Å². The van der Waals surface area contributed by atoms with Crippen LogP contribution in [0.2, 0.25) is 0 Å². The number of aromatic nitrogens is 1. The lowest BCUT2D eigenvalue weighted by molar-refractivity contribution is 0.0750. The summed E-state index contributed by atoms with van der Waals surface area (Å²) in [4.78, 5) is 42.6. The van der Waals surface area contributed by atoms with Gasteiger partial charge in [0.25, 0.3) is 11.8 Å². The van der Waals surface area contributed by atoms with Crippen LogP contribution in [-0.2, 0) is 17.8 Å². The predicted molar refractivity (Wildman–Crippen MR) is 134 cm³/mol. The second-order valence-electron chi connectivity index (χ2n) is 7.90.